The summed E-state index contributed by atoms with van der Waals surface area (Å²) in [6, 6.07) is 29.0. The fourth-order valence-corrected chi connectivity index (χ4v) is 4.13. The Morgan fingerprint density at radius 2 is 1.00 bits per heavy atom. The molecule has 0 fully saturated rings. The molecule has 4 N–H and O–H groups in total. The van der Waals surface area contributed by atoms with Crippen LogP contribution in [0.15, 0.2) is 102 Å². The Kier molecular flexibility index (Phi) is 16.2. The zero-order valence-electron chi connectivity index (χ0n) is 23.9. The van der Waals surface area contributed by atoms with Gasteiger partial charge in [0.1, 0.15) is 0 Å². The molecule has 0 bridgehead atoms. The van der Waals surface area contributed by atoms with E-state index in [1.54, 1.807) is 24.3 Å². The standard InChI is InChI=1S/C16H15ClO3.C10H11BrO3.C6H6BClO2/c1-20-16(19)15(18)10-11-2-4-12(5-3-11)13-6-8-14(17)9-7-13;1-14-10(13)9(12)6-7-2-4-8(11)5-3-7;8-6-3-1-5(2-4-6)7(9)10/h2-9,15,18H,10H2,1H3;2-5,9,12H,6H2,1H3;1-4,9-10H. The molecule has 0 heterocycles. The van der Waals surface area contributed by atoms with Crippen molar-refractivity contribution in [1.82, 2.24) is 0 Å². The average Bonchev–Trinajstić information content (AvgIpc) is 3.03. The summed E-state index contributed by atoms with van der Waals surface area (Å²) in [7, 11) is 1.11. The molecule has 0 saturated heterocycles. The Bertz CT molecular complexity index is 1440. The van der Waals surface area contributed by atoms with Crippen molar-refractivity contribution in [3.8, 4) is 11.1 Å². The molecule has 4 aromatic rings. The van der Waals surface area contributed by atoms with Crippen LogP contribution in [-0.4, -0.2) is 65.7 Å². The van der Waals surface area contributed by atoms with E-state index in [1.807, 2.05) is 72.8 Å². The highest BCUT2D eigenvalue weighted by molar-refractivity contribution is 9.10. The summed E-state index contributed by atoms with van der Waals surface area (Å²) >= 11 is 14.7. The number of halogens is 3. The first kappa shape index (κ1) is 37.0. The Hall–Kier alpha value is -3.22. The summed E-state index contributed by atoms with van der Waals surface area (Å²) in [5.41, 5.74) is 4.34. The SMILES string of the molecule is COC(=O)C(O)Cc1ccc(-c2ccc(Cl)cc2)cc1.COC(=O)C(O)Cc1ccc(Br)cc1.OB(O)c1ccc(Cl)cc1. The highest BCUT2D eigenvalue weighted by atomic mass is 79.9. The second-order valence-corrected chi connectivity index (χ2v) is 11.0. The number of rotatable bonds is 8. The molecule has 44 heavy (non-hydrogen) atoms. The van der Waals surface area contributed by atoms with Crippen molar-refractivity contribution in [2.45, 2.75) is 25.0 Å². The van der Waals surface area contributed by atoms with E-state index in [0.29, 0.717) is 15.5 Å². The van der Waals surface area contributed by atoms with E-state index in [0.717, 1.165) is 26.7 Å². The number of esters is 2. The van der Waals surface area contributed by atoms with Gasteiger partial charge in [-0.1, -0.05) is 99.8 Å². The lowest BCUT2D eigenvalue weighted by molar-refractivity contribution is -0.150. The van der Waals surface area contributed by atoms with E-state index in [4.69, 9.17) is 33.2 Å². The maximum Gasteiger partial charge on any atom is 0.488 e. The zero-order valence-corrected chi connectivity index (χ0v) is 27.0. The molecule has 12 heteroatoms. The van der Waals surface area contributed by atoms with Crippen molar-refractivity contribution in [1.29, 1.82) is 0 Å². The zero-order chi connectivity index (χ0) is 32.6. The van der Waals surface area contributed by atoms with E-state index in [9.17, 15) is 19.8 Å². The number of carbonyl (C=O) groups is 2. The van der Waals surface area contributed by atoms with Crippen LogP contribution in [-0.2, 0) is 31.9 Å². The predicted octanol–water partition coefficient (Wildman–Crippen LogP) is 4.63. The van der Waals surface area contributed by atoms with Crippen molar-refractivity contribution < 1.29 is 39.3 Å². The number of hydrogen-bond donors (Lipinski definition) is 4. The van der Waals surface area contributed by atoms with Crippen LogP contribution in [0.1, 0.15) is 11.1 Å². The highest BCUT2D eigenvalue weighted by Crippen LogP contribution is 2.22. The molecule has 0 aliphatic rings. The number of carbonyl (C=O) groups excluding carboxylic acids is 2. The summed E-state index contributed by atoms with van der Waals surface area (Å²) in [6.07, 6.45) is -1.68. The van der Waals surface area contributed by atoms with Crippen molar-refractivity contribution >= 4 is 63.7 Å². The maximum absolute atomic E-state index is 11.2. The number of aliphatic hydroxyl groups excluding tert-OH is 2. The topological polar surface area (TPSA) is 134 Å². The molecular formula is C32H32BBrCl2O8. The van der Waals surface area contributed by atoms with Crippen LogP contribution in [0.3, 0.4) is 0 Å². The lowest BCUT2D eigenvalue weighted by Crippen LogP contribution is -2.29. The van der Waals surface area contributed by atoms with Gasteiger partial charge >= 0.3 is 19.1 Å². The van der Waals surface area contributed by atoms with E-state index in [-0.39, 0.29) is 12.8 Å². The molecule has 8 nitrogen and oxygen atoms in total. The molecule has 2 unspecified atom stereocenters. The number of ether oxygens (including phenoxy) is 2. The fraction of sp³-hybridized carbons (Fsp3) is 0.188. The molecule has 2 atom stereocenters. The molecule has 232 valence electrons. The van der Waals surface area contributed by atoms with Crippen LogP contribution in [0.5, 0.6) is 0 Å². The largest absolute Gasteiger partial charge is 0.488 e. The van der Waals surface area contributed by atoms with Gasteiger partial charge in [0.2, 0.25) is 0 Å². The Morgan fingerprint density at radius 3 is 1.36 bits per heavy atom. The Balaban J connectivity index is 0.000000245. The third-order valence-corrected chi connectivity index (χ3v) is 7.05. The van der Waals surface area contributed by atoms with Gasteiger partial charge in [0, 0.05) is 27.4 Å². The first-order valence-electron chi connectivity index (χ1n) is 13.2. The summed E-state index contributed by atoms with van der Waals surface area (Å²) in [4.78, 5) is 22.1. The van der Waals surface area contributed by atoms with E-state index in [2.05, 4.69) is 25.4 Å². The van der Waals surface area contributed by atoms with Gasteiger partial charge in [-0.3, -0.25) is 0 Å². The van der Waals surface area contributed by atoms with Crippen molar-refractivity contribution in [3.05, 3.63) is 123 Å². The minimum absolute atomic E-state index is 0.244. The number of methoxy groups -OCH3 is 2. The normalized spacial score (nSPS) is 11.5. The fourth-order valence-electron chi connectivity index (χ4n) is 3.62. The third kappa shape index (κ3) is 13.2. The Morgan fingerprint density at radius 1 is 0.659 bits per heavy atom. The molecule has 0 amide bonds. The lowest BCUT2D eigenvalue weighted by atomic mass is 9.81. The third-order valence-electron chi connectivity index (χ3n) is 6.02. The van der Waals surface area contributed by atoms with Gasteiger partial charge in [-0.2, -0.15) is 0 Å². The van der Waals surface area contributed by atoms with Crippen LogP contribution < -0.4 is 5.46 Å². The van der Waals surface area contributed by atoms with Crippen LogP contribution in [0.2, 0.25) is 10.0 Å². The summed E-state index contributed by atoms with van der Waals surface area (Å²) in [5.74, 6) is -1.22. The van der Waals surface area contributed by atoms with Gasteiger partial charge in [0.05, 0.1) is 14.2 Å². The molecule has 0 aliphatic heterocycles. The quantitative estimate of drug-likeness (QED) is 0.154. The van der Waals surface area contributed by atoms with Crippen LogP contribution in [0.4, 0.5) is 0 Å². The summed E-state index contributed by atoms with van der Waals surface area (Å²) in [6.45, 7) is 0. The molecule has 0 saturated carbocycles. The minimum atomic E-state index is -1.41. The van der Waals surface area contributed by atoms with Gasteiger partial charge in [0.25, 0.3) is 0 Å². The minimum Gasteiger partial charge on any atom is -0.467 e. The molecule has 4 rings (SSSR count). The van der Waals surface area contributed by atoms with Crippen LogP contribution >= 0.6 is 39.1 Å². The van der Waals surface area contributed by atoms with E-state index in [1.165, 1.54) is 14.2 Å². The van der Waals surface area contributed by atoms with Gasteiger partial charge < -0.3 is 29.7 Å². The molecule has 0 spiro atoms. The first-order valence-corrected chi connectivity index (χ1v) is 14.7. The van der Waals surface area contributed by atoms with Gasteiger partial charge in [0.15, 0.2) is 12.2 Å². The smallest absolute Gasteiger partial charge is 0.467 e. The van der Waals surface area contributed by atoms with Crippen molar-refractivity contribution in [2.75, 3.05) is 14.2 Å². The first-order chi connectivity index (χ1) is 20.9. The van der Waals surface area contributed by atoms with E-state index < -0.39 is 31.3 Å². The van der Waals surface area contributed by atoms with Crippen molar-refractivity contribution in [3.63, 3.8) is 0 Å². The maximum atomic E-state index is 11.2. The summed E-state index contributed by atoms with van der Waals surface area (Å²) in [5, 5.41) is 37.5. The van der Waals surface area contributed by atoms with Gasteiger partial charge in [-0.05, 0) is 64.1 Å². The highest BCUT2D eigenvalue weighted by Gasteiger charge is 2.16. The monoisotopic (exact) mass is 704 g/mol. The van der Waals surface area contributed by atoms with Crippen LogP contribution in [0, 0.1) is 0 Å². The molecule has 0 aromatic heterocycles. The van der Waals surface area contributed by atoms with Crippen molar-refractivity contribution in [2.24, 2.45) is 0 Å². The second kappa shape index (κ2) is 19.2. The molecule has 0 aliphatic carbocycles. The van der Waals surface area contributed by atoms with E-state index >= 15 is 0 Å². The molecular weight excluding hydrogens is 674 g/mol. The summed E-state index contributed by atoms with van der Waals surface area (Å²) < 4.78 is 9.86. The van der Waals surface area contributed by atoms with Crippen LogP contribution in [0.25, 0.3) is 11.1 Å². The number of hydrogen-bond acceptors (Lipinski definition) is 8. The lowest BCUT2D eigenvalue weighted by Gasteiger charge is -2.09. The molecule has 4 aromatic carbocycles. The Labute approximate surface area is 275 Å². The van der Waals surface area contributed by atoms with Gasteiger partial charge in [-0.25, -0.2) is 9.59 Å². The predicted molar refractivity (Wildman–Crippen MR) is 176 cm³/mol. The number of aliphatic hydroxyl groups is 2. The average molecular weight is 706 g/mol. The molecule has 0 radical (unpaired) electrons. The van der Waals surface area contributed by atoms with Gasteiger partial charge in [-0.15, -0.1) is 0 Å². The number of benzene rings is 4. The second-order valence-electron chi connectivity index (χ2n) is 9.24.